The van der Waals surface area contributed by atoms with Crippen LogP contribution < -0.4 is 5.32 Å². The number of halogens is 3. The Balaban J connectivity index is 1.92. The third-order valence-electron chi connectivity index (χ3n) is 6.41. The molecule has 7 heteroatoms. The van der Waals surface area contributed by atoms with Crippen molar-refractivity contribution >= 4 is 11.6 Å². The molecule has 0 bridgehead atoms. The fraction of sp³-hybridized carbons (Fsp3) is 0.480. The maximum Gasteiger partial charge on any atom is 0.449 e. The van der Waals surface area contributed by atoms with Gasteiger partial charge in [-0.15, -0.1) is 0 Å². The van der Waals surface area contributed by atoms with Crippen molar-refractivity contribution in [3.05, 3.63) is 59.7 Å². The second-order valence-electron chi connectivity index (χ2n) is 8.59. The minimum absolute atomic E-state index is 0.111. The Morgan fingerprint density at radius 2 is 2.00 bits per heavy atom. The number of Topliss-reactive ketones (excluding diaryl/α,β-unsaturated/α-hetero) is 2. The number of allylic oxidation sites excluding steroid dienone is 4. The summed E-state index contributed by atoms with van der Waals surface area (Å²) in [5.41, 5.74) is 1.58. The van der Waals surface area contributed by atoms with E-state index in [1.165, 1.54) is 0 Å². The summed E-state index contributed by atoms with van der Waals surface area (Å²) in [6.07, 6.45) is 1.04. The van der Waals surface area contributed by atoms with E-state index in [0.29, 0.717) is 18.4 Å². The Morgan fingerprint density at radius 1 is 1.28 bits per heavy atom. The second-order valence-corrected chi connectivity index (χ2v) is 8.59. The van der Waals surface area contributed by atoms with E-state index in [0.717, 1.165) is 5.56 Å². The van der Waals surface area contributed by atoms with Gasteiger partial charge in [-0.2, -0.15) is 18.4 Å². The number of hydrogen-bond donors (Lipinski definition) is 1. The van der Waals surface area contributed by atoms with Crippen molar-refractivity contribution < 1.29 is 22.8 Å². The van der Waals surface area contributed by atoms with E-state index in [9.17, 15) is 28.0 Å². The zero-order valence-electron chi connectivity index (χ0n) is 17.9. The first-order valence-corrected chi connectivity index (χ1v) is 10.9. The largest absolute Gasteiger partial charge is 0.449 e. The van der Waals surface area contributed by atoms with Crippen molar-refractivity contribution in [1.82, 2.24) is 5.32 Å². The van der Waals surface area contributed by atoms with Gasteiger partial charge in [0.15, 0.2) is 0 Å². The predicted molar refractivity (Wildman–Crippen MR) is 114 cm³/mol. The van der Waals surface area contributed by atoms with Gasteiger partial charge in [-0.1, -0.05) is 54.1 Å². The monoisotopic (exact) mass is 444 g/mol. The van der Waals surface area contributed by atoms with E-state index < -0.39 is 36.1 Å². The maximum atomic E-state index is 13.2. The number of nitrogens with one attached hydrogen (secondary N) is 1. The highest BCUT2D eigenvalue weighted by Crippen LogP contribution is 2.40. The molecule has 1 saturated carbocycles. The number of benzene rings is 1. The van der Waals surface area contributed by atoms with Crippen LogP contribution in [0.3, 0.4) is 0 Å². The zero-order valence-corrected chi connectivity index (χ0v) is 17.9. The van der Waals surface area contributed by atoms with Crippen LogP contribution in [0.1, 0.15) is 50.6 Å². The van der Waals surface area contributed by atoms with Gasteiger partial charge >= 0.3 is 6.18 Å². The van der Waals surface area contributed by atoms with Gasteiger partial charge in [-0.05, 0) is 37.7 Å². The van der Waals surface area contributed by atoms with Crippen LogP contribution in [0.4, 0.5) is 13.2 Å². The van der Waals surface area contributed by atoms with Crippen LogP contribution in [0, 0.1) is 29.1 Å². The number of nitrogens with zero attached hydrogens (tertiary/aromatic N) is 1. The highest BCUT2D eigenvalue weighted by atomic mass is 19.4. The Morgan fingerprint density at radius 3 is 2.66 bits per heavy atom. The SMILES string of the molecule is C[C@@H](NC1CCCC(=O)C1[C@@H](CC(=O)C(F)(F)F)C1=CC=CC(C#N)C1)c1ccccc1. The molecule has 1 N–H and O–H groups in total. The van der Waals surface area contributed by atoms with Gasteiger partial charge in [0.25, 0.3) is 0 Å². The molecule has 0 aliphatic heterocycles. The zero-order chi connectivity index (χ0) is 23.3. The molecular weight excluding hydrogens is 417 g/mol. The molecule has 4 nitrogen and oxygen atoms in total. The highest BCUT2D eigenvalue weighted by molar-refractivity contribution is 5.87. The summed E-state index contributed by atoms with van der Waals surface area (Å²) in [5.74, 6) is -4.08. The Bertz CT molecular complexity index is 931. The van der Waals surface area contributed by atoms with Crippen molar-refractivity contribution in [2.45, 2.75) is 57.3 Å². The summed E-state index contributed by atoms with van der Waals surface area (Å²) in [6, 6.07) is 11.3. The van der Waals surface area contributed by atoms with Crippen LogP contribution in [0.2, 0.25) is 0 Å². The molecule has 0 spiro atoms. The van der Waals surface area contributed by atoms with Gasteiger partial charge in [0, 0.05) is 30.8 Å². The third kappa shape index (κ3) is 5.74. The molecule has 3 unspecified atom stereocenters. The van der Waals surface area contributed by atoms with Crippen LogP contribution in [0.5, 0.6) is 0 Å². The highest BCUT2D eigenvalue weighted by Gasteiger charge is 2.45. The maximum absolute atomic E-state index is 13.2. The number of carbonyl (C=O) groups is 2. The van der Waals surface area contributed by atoms with Gasteiger partial charge < -0.3 is 5.32 Å². The first-order chi connectivity index (χ1) is 15.2. The molecule has 0 saturated heterocycles. The fourth-order valence-corrected chi connectivity index (χ4v) is 4.79. The number of nitriles is 1. The molecule has 32 heavy (non-hydrogen) atoms. The molecule has 0 aromatic heterocycles. The lowest BCUT2D eigenvalue weighted by molar-refractivity contribution is -0.172. The number of hydrogen-bond acceptors (Lipinski definition) is 4. The van der Waals surface area contributed by atoms with Gasteiger partial charge in [0.05, 0.1) is 12.0 Å². The number of ketones is 2. The summed E-state index contributed by atoms with van der Waals surface area (Å²) >= 11 is 0. The van der Waals surface area contributed by atoms with E-state index >= 15 is 0 Å². The van der Waals surface area contributed by atoms with Gasteiger partial charge in [0.1, 0.15) is 5.78 Å². The van der Waals surface area contributed by atoms with E-state index in [4.69, 9.17) is 0 Å². The van der Waals surface area contributed by atoms with Gasteiger partial charge in [-0.25, -0.2) is 0 Å². The van der Waals surface area contributed by atoms with Gasteiger partial charge in [0.2, 0.25) is 5.78 Å². The van der Waals surface area contributed by atoms with Crippen LogP contribution in [-0.2, 0) is 9.59 Å². The molecular formula is C25H27F3N2O2. The molecule has 0 heterocycles. The van der Waals surface area contributed by atoms with Gasteiger partial charge in [-0.3, -0.25) is 9.59 Å². The van der Waals surface area contributed by atoms with E-state index in [2.05, 4.69) is 11.4 Å². The lowest BCUT2D eigenvalue weighted by Gasteiger charge is -2.39. The van der Waals surface area contributed by atoms with Crippen LogP contribution >= 0.6 is 0 Å². The topological polar surface area (TPSA) is 70.0 Å². The summed E-state index contributed by atoms with van der Waals surface area (Å²) < 4.78 is 39.5. The molecule has 1 fully saturated rings. The quantitative estimate of drug-likeness (QED) is 0.625. The molecule has 5 atom stereocenters. The minimum atomic E-state index is -4.96. The standard InChI is InChI=1S/C25H27F3N2O2/c1-16(18-8-3-2-4-9-18)30-21-11-6-12-22(31)24(21)20(14-23(32)25(26,27)28)19-10-5-7-17(13-19)15-29/h2-5,7-10,16-17,20-21,24,30H,6,11-14H2,1H3/t16-,17?,20+,21?,24?/m1/s1. The first-order valence-electron chi connectivity index (χ1n) is 10.9. The van der Waals surface area contributed by atoms with Crippen LogP contribution in [0.25, 0.3) is 0 Å². The van der Waals surface area contributed by atoms with Crippen LogP contribution in [-0.4, -0.2) is 23.8 Å². The summed E-state index contributed by atoms with van der Waals surface area (Å²) in [5, 5.41) is 12.8. The first kappa shape index (κ1) is 23.9. The van der Waals surface area contributed by atoms with Crippen molar-refractivity contribution in [3.8, 4) is 6.07 Å². The lowest BCUT2D eigenvalue weighted by atomic mass is 9.68. The molecule has 0 radical (unpaired) electrons. The minimum Gasteiger partial charge on any atom is -0.307 e. The molecule has 3 rings (SSSR count). The van der Waals surface area contributed by atoms with Crippen LogP contribution in [0.15, 0.2) is 54.1 Å². The summed E-state index contributed by atoms with van der Waals surface area (Å²) in [4.78, 5) is 25.0. The number of rotatable bonds is 7. The molecule has 2 aliphatic rings. The molecule has 170 valence electrons. The average Bonchev–Trinajstić information content (AvgIpc) is 2.78. The summed E-state index contributed by atoms with van der Waals surface area (Å²) in [7, 11) is 0. The second kappa shape index (κ2) is 10.3. The number of alkyl halides is 3. The Kier molecular flexibility index (Phi) is 7.68. The molecule has 1 aromatic rings. The molecule has 0 amide bonds. The number of carbonyl (C=O) groups excluding carboxylic acids is 2. The predicted octanol–water partition coefficient (Wildman–Crippen LogP) is 5.24. The lowest BCUT2D eigenvalue weighted by Crippen LogP contribution is -2.48. The smallest absolute Gasteiger partial charge is 0.307 e. The fourth-order valence-electron chi connectivity index (χ4n) is 4.79. The third-order valence-corrected chi connectivity index (χ3v) is 6.41. The summed E-state index contributed by atoms with van der Waals surface area (Å²) in [6.45, 7) is 1.95. The molecule has 1 aromatic carbocycles. The normalized spacial score (nSPS) is 25.5. The van der Waals surface area contributed by atoms with Crippen molar-refractivity contribution in [1.29, 1.82) is 5.26 Å². The van der Waals surface area contributed by atoms with Crippen molar-refractivity contribution in [2.24, 2.45) is 17.8 Å². The van der Waals surface area contributed by atoms with Crippen molar-refractivity contribution in [3.63, 3.8) is 0 Å². The van der Waals surface area contributed by atoms with Crippen molar-refractivity contribution in [2.75, 3.05) is 0 Å². The average molecular weight is 444 g/mol. The van der Waals surface area contributed by atoms with E-state index in [1.807, 2.05) is 37.3 Å². The Labute approximate surface area is 186 Å². The van der Waals surface area contributed by atoms with E-state index in [1.54, 1.807) is 18.2 Å². The molecule has 2 aliphatic carbocycles. The Hall–Kier alpha value is -2.72. The van der Waals surface area contributed by atoms with E-state index in [-0.39, 0.29) is 30.7 Å².